The zero-order chi connectivity index (χ0) is 24.4. The summed E-state index contributed by atoms with van der Waals surface area (Å²) in [6.07, 6.45) is 0.364. The third-order valence-electron chi connectivity index (χ3n) is 4.49. The van der Waals surface area contributed by atoms with Crippen molar-refractivity contribution in [3.63, 3.8) is 0 Å². The normalized spacial score (nSPS) is 12.7. The van der Waals surface area contributed by atoms with Gasteiger partial charge in [0.05, 0.1) is 10.6 Å². The minimum atomic E-state index is -1.10. The highest BCUT2D eigenvalue weighted by Crippen LogP contribution is 2.39. The molecule has 0 aliphatic carbocycles. The molecule has 0 saturated heterocycles. The number of hydrogen-bond acceptors (Lipinski definition) is 7. The van der Waals surface area contributed by atoms with Gasteiger partial charge in [0.2, 0.25) is 0 Å². The van der Waals surface area contributed by atoms with E-state index in [0.717, 1.165) is 6.08 Å². The summed E-state index contributed by atoms with van der Waals surface area (Å²) in [6.45, 7) is 0. The van der Waals surface area contributed by atoms with Crippen LogP contribution in [0, 0.1) is 0 Å². The van der Waals surface area contributed by atoms with Gasteiger partial charge in [-0.2, -0.15) is 0 Å². The molecule has 0 heterocycles. The number of carbonyl (C=O) groups excluding carboxylic acids is 3. The van der Waals surface area contributed by atoms with Gasteiger partial charge in [0.15, 0.2) is 6.10 Å². The van der Waals surface area contributed by atoms with Crippen molar-refractivity contribution in [2.75, 3.05) is 7.11 Å². The number of rotatable bonds is 9. The van der Waals surface area contributed by atoms with Crippen LogP contribution in [0.15, 0.2) is 63.6 Å². The number of benzene rings is 2. The van der Waals surface area contributed by atoms with Gasteiger partial charge >= 0.3 is 6.09 Å². The predicted octanol–water partition coefficient (Wildman–Crippen LogP) is 4.38. The molecule has 0 spiro atoms. The van der Waals surface area contributed by atoms with Crippen LogP contribution in [0.5, 0.6) is 5.75 Å². The van der Waals surface area contributed by atoms with Crippen LogP contribution in [-0.4, -0.2) is 41.4 Å². The van der Waals surface area contributed by atoms with Crippen molar-refractivity contribution >= 4 is 49.8 Å². The Morgan fingerprint density at radius 3 is 2.48 bits per heavy atom. The van der Waals surface area contributed by atoms with Gasteiger partial charge in [0.25, 0.3) is 11.8 Å². The molecule has 0 aliphatic heterocycles. The minimum absolute atomic E-state index is 0.164. The van der Waals surface area contributed by atoms with E-state index in [0.29, 0.717) is 15.4 Å². The summed E-state index contributed by atoms with van der Waals surface area (Å²) < 4.78 is 12.0. The summed E-state index contributed by atoms with van der Waals surface area (Å²) in [7, 11) is 1.41. The highest BCUT2D eigenvalue weighted by molar-refractivity contribution is 9.11. The smallest absolute Gasteiger partial charge is 0.414 e. The molecule has 176 valence electrons. The van der Waals surface area contributed by atoms with E-state index in [1.54, 1.807) is 42.5 Å². The highest BCUT2D eigenvalue weighted by atomic mass is 79.9. The van der Waals surface area contributed by atoms with E-state index >= 15 is 0 Å². The number of phenols is 1. The Kier molecular flexibility index (Phi) is 10.5. The Bertz CT molecular complexity index is 1020. The second kappa shape index (κ2) is 13.1. The average Bonchev–Trinajstić information content (AvgIpc) is 2.80. The maximum atomic E-state index is 12.6. The molecule has 0 saturated carbocycles. The number of imide groups is 1. The number of phenolic OH excluding ortho intramolecular Hbond substituents is 1. The Labute approximate surface area is 207 Å². The van der Waals surface area contributed by atoms with Crippen LogP contribution in [-0.2, 0) is 14.3 Å². The number of halogens is 2. The molecule has 2 atom stereocenters. The lowest BCUT2D eigenvalue weighted by Crippen LogP contribution is -2.35. The molecule has 0 aromatic heterocycles. The molecule has 0 aliphatic rings. The fourth-order valence-corrected chi connectivity index (χ4v) is 4.18. The van der Waals surface area contributed by atoms with Crippen LogP contribution in [0.1, 0.15) is 34.9 Å². The van der Waals surface area contributed by atoms with E-state index < -0.39 is 30.1 Å². The van der Waals surface area contributed by atoms with Crippen molar-refractivity contribution in [1.82, 2.24) is 10.8 Å². The van der Waals surface area contributed by atoms with Crippen LogP contribution >= 0.6 is 31.9 Å². The monoisotopic (exact) mass is 584 g/mol. The maximum Gasteiger partial charge on any atom is 0.414 e. The number of hydroxylamine groups is 1. The van der Waals surface area contributed by atoms with Crippen LogP contribution in [0.3, 0.4) is 0 Å². The van der Waals surface area contributed by atoms with Crippen molar-refractivity contribution in [2.24, 2.45) is 0 Å². The van der Waals surface area contributed by atoms with Crippen molar-refractivity contribution < 1.29 is 34.2 Å². The molecule has 3 amide bonds. The number of nitrogens with one attached hydrogen (secondary N) is 2. The number of carbonyl (C=O) groups is 3. The first-order valence-corrected chi connectivity index (χ1v) is 11.2. The first-order chi connectivity index (χ1) is 15.8. The Balaban J connectivity index is 2.26. The molecule has 0 unspecified atom stereocenters. The average molecular weight is 586 g/mol. The fourth-order valence-electron chi connectivity index (χ4n) is 2.92. The molecular weight excluding hydrogens is 564 g/mol. The quantitative estimate of drug-likeness (QED) is 0.195. The third kappa shape index (κ3) is 7.97. The fraction of sp³-hybridized carbons (Fsp3) is 0.227. The molecule has 2 rings (SSSR count). The molecule has 2 aromatic rings. The standard InChI is InChI=1S/C22H22Br2N2O7/c1-32-17(9-5-6-10-18(27)26-31)20(15-11-14(23)12-16(24)19(15)28)33-22(30)25-21(29)13-7-3-2-4-8-13/h2-4,6-8,10-12,17,20,28,31H,5,9H2,1H3,(H,26,27)(H,25,29,30)/b10-6+/t17-,20-/m0/s1. The number of alkyl carbamates (subject to hydrolysis) is 1. The largest absolute Gasteiger partial charge is 0.506 e. The molecule has 4 N–H and O–H groups in total. The van der Waals surface area contributed by atoms with Crippen molar-refractivity contribution in [2.45, 2.75) is 25.0 Å². The Morgan fingerprint density at radius 1 is 1.15 bits per heavy atom. The summed E-state index contributed by atoms with van der Waals surface area (Å²) in [6, 6.07) is 11.3. The summed E-state index contributed by atoms with van der Waals surface area (Å²) in [5.74, 6) is -1.50. The number of amides is 3. The summed E-state index contributed by atoms with van der Waals surface area (Å²) in [5, 5.41) is 21.3. The molecule has 2 aromatic carbocycles. The van der Waals surface area contributed by atoms with E-state index in [1.165, 1.54) is 18.7 Å². The SMILES string of the molecule is CO[C@@H](CC/C=C/C(=O)NO)[C@@H](OC(=O)NC(=O)c1ccccc1)c1cc(Br)cc(Br)c1O. The predicted molar refractivity (Wildman–Crippen MR) is 126 cm³/mol. The van der Waals surface area contributed by atoms with Gasteiger partial charge in [0.1, 0.15) is 5.75 Å². The lowest BCUT2D eigenvalue weighted by Gasteiger charge is -2.27. The molecule has 0 radical (unpaired) electrons. The number of methoxy groups -OCH3 is 1. The van der Waals surface area contributed by atoms with E-state index in [9.17, 15) is 19.5 Å². The summed E-state index contributed by atoms with van der Waals surface area (Å²) >= 11 is 6.59. The molecule has 0 bridgehead atoms. The lowest BCUT2D eigenvalue weighted by molar-refractivity contribution is -0.124. The van der Waals surface area contributed by atoms with Gasteiger partial charge in [-0.1, -0.05) is 40.2 Å². The molecular formula is C22H22Br2N2O7. The Morgan fingerprint density at radius 2 is 1.85 bits per heavy atom. The van der Waals surface area contributed by atoms with Crippen LogP contribution in [0.25, 0.3) is 0 Å². The minimum Gasteiger partial charge on any atom is -0.506 e. The van der Waals surface area contributed by atoms with E-state index in [-0.39, 0.29) is 23.3 Å². The second-order valence-electron chi connectivity index (χ2n) is 6.70. The third-order valence-corrected chi connectivity index (χ3v) is 5.55. The number of ether oxygens (including phenoxy) is 2. The van der Waals surface area contributed by atoms with Gasteiger partial charge in [-0.15, -0.1) is 0 Å². The van der Waals surface area contributed by atoms with Crippen molar-refractivity contribution in [1.29, 1.82) is 0 Å². The topological polar surface area (TPSA) is 134 Å². The van der Waals surface area contributed by atoms with Crippen molar-refractivity contribution in [3.05, 3.63) is 74.7 Å². The Hall–Kier alpha value is -2.73. The summed E-state index contributed by atoms with van der Waals surface area (Å²) in [4.78, 5) is 36.0. The van der Waals surface area contributed by atoms with Crippen LogP contribution in [0.4, 0.5) is 4.79 Å². The van der Waals surface area contributed by atoms with Gasteiger partial charge in [0, 0.05) is 28.8 Å². The number of aromatic hydroxyl groups is 1. The van der Waals surface area contributed by atoms with E-state index in [1.807, 2.05) is 0 Å². The van der Waals surface area contributed by atoms with Crippen molar-refractivity contribution in [3.8, 4) is 5.75 Å². The summed E-state index contributed by atoms with van der Waals surface area (Å²) in [5.41, 5.74) is 1.99. The maximum absolute atomic E-state index is 12.6. The highest BCUT2D eigenvalue weighted by Gasteiger charge is 2.31. The first kappa shape index (κ1) is 26.5. The van der Waals surface area contributed by atoms with Gasteiger partial charge < -0.3 is 14.6 Å². The number of allylic oxidation sites excluding steroid dienone is 1. The molecule has 11 heteroatoms. The molecule has 33 heavy (non-hydrogen) atoms. The van der Waals surface area contributed by atoms with Gasteiger partial charge in [-0.05, 0) is 53.0 Å². The zero-order valence-electron chi connectivity index (χ0n) is 17.5. The first-order valence-electron chi connectivity index (χ1n) is 9.65. The second-order valence-corrected chi connectivity index (χ2v) is 8.47. The zero-order valence-corrected chi connectivity index (χ0v) is 20.6. The van der Waals surface area contributed by atoms with Crippen LogP contribution in [0.2, 0.25) is 0 Å². The van der Waals surface area contributed by atoms with Gasteiger partial charge in [-0.25, -0.2) is 10.3 Å². The molecule has 9 nitrogen and oxygen atoms in total. The van der Waals surface area contributed by atoms with Gasteiger partial charge in [-0.3, -0.25) is 20.1 Å². The van der Waals surface area contributed by atoms with E-state index in [2.05, 4.69) is 37.2 Å². The lowest BCUT2D eigenvalue weighted by atomic mass is 9.99. The van der Waals surface area contributed by atoms with Crippen LogP contribution < -0.4 is 10.8 Å². The van der Waals surface area contributed by atoms with E-state index in [4.69, 9.17) is 14.7 Å². The number of hydrogen-bond donors (Lipinski definition) is 4. The molecule has 0 fully saturated rings.